The third-order valence-electron chi connectivity index (χ3n) is 3.51. The van der Waals surface area contributed by atoms with Gasteiger partial charge in [0.2, 0.25) is 0 Å². The van der Waals surface area contributed by atoms with E-state index in [-0.39, 0.29) is 11.6 Å². The highest BCUT2D eigenvalue weighted by Gasteiger charge is 2.17. The van der Waals surface area contributed by atoms with E-state index in [1.165, 1.54) is 29.9 Å². The number of carbonyl (C=O) groups excluding carboxylic acids is 2. The lowest BCUT2D eigenvalue weighted by Crippen LogP contribution is -2.17. The maximum absolute atomic E-state index is 12.5. The summed E-state index contributed by atoms with van der Waals surface area (Å²) in [5.41, 5.74) is 2.50. The van der Waals surface area contributed by atoms with Crippen molar-refractivity contribution >= 4 is 34.5 Å². The molecule has 7 heteroatoms. The summed E-state index contributed by atoms with van der Waals surface area (Å²) in [5.74, 6) is -0.675. The second-order valence-corrected chi connectivity index (χ2v) is 6.13. The van der Waals surface area contributed by atoms with E-state index in [9.17, 15) is 9.59 Å². The van der Waals surface area contributed by atoms with Crippen molar-refractivity contribution in [3.63, 3.8) is 0 Å². The minimum Gasteiger partial charge on any atom is -0.321 e. The third-order valence-corrected chi connectivity index (χ3v) is 4.42. The van der Waals surface area contributed by atoms with Gasteiger partial charge in [-0.15, -0.1) is 11.3 Å². The highest BCUT2D eigenvalue weighted by Crippen LogP contribution is 2.24. The van der Waals surface area contributed by atoms with Gasteiger partial charge in [-0.05, 0) is 35.6 Å². The van der Waals surface area contributed by atoms with Crippen molar-refractivity contribution in [2.45, 2.75) is 13.3 Å². The van der Waals surface area contributed by atoms with Crippen LogP contribution >= 0.6 is 11.3 Å². The summed E-state index contributed by atoms with van der Waals surface area (Å²) in [6, 6.07) is 9.37. The molecule has 0 spiro atoms. The van der Waals surface area contributed by atoms with Crippen molar-refractivity contribution in [3.8, 4) is 0 Å². The molecule has 6 nitrogen and oxygen atoms in total. The van der Waals surface area contributed by atoms with Crippen LogP contribution in [0.2, 0.25) is 0 Å². The molecule has 3 rings (SSSR count). The van der Waals surface area contributed by atoms with Gasteiger partial charge in [-0.2, -0.15) is 0 Å². The van der Waals surface area contributed by atoms with E-state index in [4.69, 9.17) is 0 Å². The Hall–Kier alpha value is -3.06. The fraction of sp³-hybridized carbons (Fsp3) is 0.111. The van der Waals surface area contributed by atoms with Crippen LogP contribution < -0.4 is 10.6 Å². The van der Waals surface area contributed by atoms with E-state index in [1.807, 2.05) is 24.3 Å². The van der Waals surface area contributed by atoms with E-state index in [0.29, 0.717) is 10.6 Å². The Kier molecular flexibility index (Phi) is 5.15. The molecule has 0 fully saturated rings. The van der Waals surface area contributed by atoms with Gasteiger partial charge in [0.05, 0.1) is 11.9 Å². The highest BCUT2D eigenvalue weighted by molar-refractivity contribution is 7.12. The van der Waals surface area contributed by atoms with Crippen molar-refractivity contribution in [1.29, 1.82) is 0 Å². The molecule has 0 unspecified atom stereocenters. The lowest BCUT2D eigenvalue weighted by atomic mass is 10.1. The number of aromatic nitrogens is 2. The van der Waals surface area contributed by atoms with Crippen molar-refractivity contribution in [1.82, 2.24) is 9.97 Å². The van der Waals surface area contributed by atoms with E-state index >= 15 is 0 Å². The lowest BCUT2D eigenvalue weighted by molar-refractivity contribution is 0.102. The Balaban J connectivity index is 1.74. The van der Waals surface area contributed by atoms with Gasteiger partial charge >= 0.3 is 0 Å². The maximum Gasteiger partial charge on any atom is 0.275 e. The van der Waals surface area contributed by atoms with Crippen LogP contribution in [0.5, 0.6) is 0 Å². The molecule has 1 aromatic carbocycles. The zero-order chi connectivity index (χ0) is 17.6. The van der Waals surface area contributed by atoms with Gasteiger partial charge in [0.15, 0.2) is 0 Å². The topological polar surface area (TPSA) is 84.0 Å². The van der Waals surface area contributed by atoms with Crippen LogP contribution in [0, 0.1) is 0 Å². The molecule has 0 aliphatic rings. The number of thiophene rings is 1. The number of anilines is 2. The molecule has 0 atom stereocenters. The molecule has 0 saturated heterocycles. The molecular weight excluding hydrogens is 336 g/mol. The van der Waals surface area contributed by atoms with Gasteiger partial charge in [-0.25, -0.2) is 4.98 Å². The summed E-state index contributed by atoms with van der Waals surface area (Å²) >= 11 is 1.26. The standard InChI is InChI=1S/C18H16N4O2S/c1-2-12-4-3-5-13(10-12)21-18(24)16-14(6-9-25-16)22-17(23)15-11-19-7-8-20-15/h3-11H,2H2,1H3,(H,21,24)(H,22,23). The van der Waals surface area contributed by atoms with Gasteiger partial charge in [-0.1, -0.05) is 19.1 Å². The van der Waals surface area contributed by atoms with Gasteiger partial charge in [0.1, 0.15) is 10.6 Å². The van der Waals surface area contributed by atoms with Crippen molar-refractivity contribution in [2.75, 3.05) is 10.6 Å². The molecule has 0 bridgehead atoms. The Labute approximate surface area is 149 Å². The molecule has 2 heterocycles. The minimum atomic E-state index is -0.409. The van der Waals surface area contributed by atoms with Crippen LogP contribution in [0.25, 0.3) is 0 Å². The second kappa shape index (κ2) is 7.67. The predicted octanol–water partition coefficient (Wildman–Crippen LogP) is 3.61. The van der Waals surface area contributed by atoms with Crippen molar-refractivity contribution in [2.24, 2.45) is 0 Å². The zero-order valence-electron chi connectivity index (χ0n) is 13.5. The lowest BCUT2D eigenvalue weighted by Gasteiger charge is -2.08. The fourth-order valence-electron chi connectivity index (χ4n) is 2.24. The van der Waals surface area contributed by atoms with Crippen LogP contribution in [0.3, 0.4) is 0 Å². The van der Waals surface area contributed by atoms with Crippen LogP contribution in [0.15, 0.2) is 54.3 Å². The number of hydrogen-bond acceptors (Lipinski definition) is 5. The Bertz CT molecular complexity index is 893. The first kappa shape index (κ1) is 16.8. The fourth-order valence-corrected chi connectivity index (χ4v) is 2.99. The number of carbonyl (C=O) groups is 2. The minimum absolute atomic E-state index is 0.190. The van der Waals surface area contributed by atoms with E-state index in [2.05, 4.69) is 27.5 Å². The number of benzene rings is 1. The summed E-state index contributed by atoms with van der Waals surface area (Å²) in [6.45, 7) is 2.06. The number of amides is 2. The maximum atomic E-state index is 12.5. The van der Waals surface area contributed by atoms with Crippen LogP contribution in [-0.2, 0) is 6.42 Å². The van der Waals surface area contributed by atoms with E-state index in [1.54, 1.807) is 11.4 Å². The number of rotatable bonds is 5. The van der Waals surface area contributed by atoms with Gasteiger partial charge in [0.25, 0.3) is 11.8 Å². The molecule has 0 saturated carbocycles. The van der Waals surface area contributed by atoms with Crippen LogP contribution in [0.1, 0.15) is 32.6 Å². The first-order valence-electron chi connectivity index (χ1n) is 7.72. The second-order valence-electron chi connectivity index (χ2n) is 5.22. The molecule has 25 heavy (non-hydrogen) atoms. The van der Waals surface area contributed by atoms with Gasteiger partial charge in [-0.3, -0.25) is 14.6 Å². The van der Waals surface area contributed by atoms with Crippen molar-refractivity contribution in [3.05, 3.63) is 70.4 Å². The Morgan fingerprint density at radius 3 is 2.76 bits per heavy atom. The summed E-state index contributed by atoms with van der Waals surface area (Å²) < 4.78 is 0. The number of nitrogens with zero attached hydrogens (tertiary/aromatic N) is 2. The normalized spacial score (nSPS) is 10.3. The smallest absolute Gasteiger partial charge is 0.275 e. The Morgan fingerprint density at radius 2 is 2.00 bits per heavy atom. The average molecular weight is 352 g/mol. The molecule has 0 radical (unpaired) electrons. The molecule has 2 aromatic heterocycles. The molecule has 0 aliphatic heterocycles. The van der Waals surface area contributed by atoms with E-state index in [0.717, 1.165) is 17.7 Å². The molecule has 126 valence electrons. The summed E-state index contributed by atoms with van der Waals surface area (Å²) in [5, 5.41) is 7.32. The average Bonchev–Trinajstić information content (AvgIpc) is 3.11. The van der Waals surface area contributed by atoms with Crippen LogP contribution in [0.4, 0.5) is 11.4 Å². The first-order valence-corrected chi connectivity index (χ1v) is 8.60. The van der Waals surface area contributed by atoms with Crippen LogP contribution in [-0.4, -0.2) is 21.8 Å². The summed E-state index contributed by atoms with van der Waals surface area (Å²) in [6.07, 6.45) is 5.20. The quantitative estimate of drug-likeness (QED) is 0.735. The molecule has 2 amide bonds. The zero-order valence-corrected chi connectivity index (χ0v) is 14.3. The van der Waals surface area contributed by atoms with Gasteiger partial charge < -0.3 is 10.6 Å². The highest BCUT2D eigenvalue weighted by atomic mass is 32.1. The first-order chi connectivity index (χ1) is 12.2. The van der Waals surface area contributed by atoms with Crippen molar-refractivity contribution < 1.29 is 9.59 Å². The SMILES string of the molecule is CCc1cccc(NC(=O)c2sccc2NC(=O)c2cnccn2)c1. The third kappa shape index (κ3) is 4.07. The number of hydrogen-bond donors (Lipinski definition) is 2. The molecule has 0 aliphatic carbocycles. The molecule has 3 aromatic rings. The largest absolute Gasteiger partial charge is 0.321 e. The van der Waals surface area contributed by atoms with Gasteiger partial charge in [0, 0.05) is 18.1 Å². The Morgan fingerprint density at radius 1 is 1.12 bits per heavy atom. The molecular formula is C18H16N4O2S. The monoisotopic (exact) mass is 352 g/mol. The summed E-state index contributed by atoms with van der Waals surface area (Å²) in [4.78, 5) is 33.0. The van der Waals surface area contributed by atoms with E-state index < -0.39 is 5.91 Å². The molecule has 2 N–H and O–H groups in total. The summed E-state index contributed by atoms with van der Waals surface area (Å²) in [7, 11) is 0. The number of aryl methyl sites for hydroxylation is 1. The predicted molar refractivity (Wildman–Crippen MR) is 98.1 cm³/mol. The number of nitrogens with one attached hydrogen (secondary N) is 2.